The van der Waals surface area contributed by atoms with Gasteiger partial charge in [0.05, 0.1) is 12.8 Å². The second kappa shape index (κ2) is 18.0. The number of hydrogen-bond acceptors (Lipinski definition) is 3. The Kier molecular flexibility index (Phi) is 15.8. The number of pyridine rings is 1. The van der Waals surface area contributed by atoms with E-state index in [9.17, 15) is 4.79 Å². The Labute approximate surface area is 167 Å². The van der Waals surface area contributed by atoms with Crippen LogP contribution in [0.25, 0.3) is 0 Å². The van der Waals surface area contributed by atoms with E-state index in [1.807, 2.05) is 6.07 Å². The minimum atomic E-state index is 0.449. The van der Waals surface area contributed by atoms with Gasteiger partial charge in [-0.3, -0.25) is 4.79 Å². The van der Waals surface area contributed by atoms with Crippen molar-refractivity contribution < 1.29 is 9.53 Å². The Hall–Kier alpha value is -1.38. The number of carbonyl (C=O) groups is 1. The zero-order valence-corrected chi connectivity index (χ0v) is 17.6. The van der Waals surface area contributed by atoms with Crippen LogP contribution in [0.4, 0.5) is 0 Å². The van der Waals surface area contributed by atoms with Gasteiger partial charge in [-0.1, -0.05) is 103 Å². The van der Waals surface area contributed by atoms with Crippen molar-refractivity contribution in [1.29, 1.82) is 0 Å². The van der Waals surface area contributed by atoms with Crippen molar-refractivity contribution in [3.05, 3.63) is 24.0 Å². The molecule has 154 valence electrons. The Morgan fingerprint density at radius 2 is 1.22 bits per heavy atom. The van der Waals surface area contributed by atoms with Gasteiger partial charge in [0, 0.05) is 0 Å². The summed E-state index contributed by atoms with van der Waals surface area (Å²) in [7, 11) is 0. The third kappa shape index (κ3) is 14.4. The zero-order valence-electron chi connectivity index (χ0n) is 17.6. The Morgan fingerprint density at radius 1 is 0.741 bits per heavy atom. The molecule has 0 spiro atoms. The summed E-state index contributed by atoms with van der Waals surface area (Å²) >= 11 is 0. The van der Waals surface area contributed by atoms with Crippen LogP contribution in [0, 0.1) is 0 Å². The average molecular weight is 376 g/mol. The molecule has 3 heteroatoms. The van der Waals surface area contributed by atoms with Crippen LogP contribution in [-0.4, -0.2) is 17.9 Å². The van der Waals surface area contributed by atoms with Gasteiger partial charge in [0.1, 0.15) is 11.4 Å². The fourth-order valence-corrected chi connectivity index (χ4v) is 3.39. The molecule has 0 saturated heterocycles. The summed E-state index contributed by atoms with van der Waals surface area (Å²) in [5.74, 6) is 0.751. The quantitative estimate of drug-likeness (QED) is 0.185. The first-order valence-electron chi connectivity index (χ1n) is 11.4. The summed E-state index contributed by atoms with van der Waals surface area (Å²) in [6.45, 7) is 3.02. The fourth-order valence-electron chi connectivity index (χ4n) is 3.39. The average Bonchev–Trinajstić information content (AvgIpc) is 2.70. The highest BCUT2D eigenvalue weighted by Gasteiger charge is 1.97. The van der Waals surface area contributed by atoms with Gasteiger partial charge < -0.3 is 4.74 Å². The van der Waals surface area contributed by atoms with Crippen LogP contribution >= 0.6 is 0 Å². The first-order valence-corrected chi connectivity index (χ1v) is 11.4. The molecule has 1 heterocycles. The molecule has 0 bridgehead atoms. The molecule has 0 aliphatic rings. The van der Waals surface area contributed by atoms with E-state index < -0.39 is 0 Å². The molecule has 3 nitrogen and oxygen atoms in total. The molecule has 1 rings (SSSR count). The number of aromatic nitrogens is 1. The molecule has 0 atom stereocenters. The lowest BCUT2D eigenvalue weighted by Gasteiger charge is -2.06. The highest BCUT2D eigenvalue weighted by molar-refractivity contribution is 5.71. The van der Waals surface area contributed by atoms with E-state index in [1.54, 1.807) is 12.3 Å². The molecule has 0 aromatic carbocycles. The standard InChI is InChI=1S/C24H41NO2/c1-2-3-4-5-6-7-8-9-10-11-12-13-14-15-16-17-20-27-24-19-18-23(22-26)25-21-24/h18-19,21-22H,2-17,20H2,1H3. The predicted molar refractivity (Wildman–Crippen MR) is 115 cm³/mol. The molecule has 0 fully saturated rings. The van der Waals surface area contributed by atoms with E-state index in [1.165, 1.54) is 96.3 Å². The van der Waals surface area contributed by atoms with E-state index in [-0.39, 0.29) is 0 Å². The van der Waals surface area contributed by atoms with Gasteiger partial charge >= 0.3 is 0 Å². The first-order chi connectivity index (χ1) is 13.4. The lowest BCUT2D eigenvalue weighted by atomic mass is 10.0. The normalized spacial score (nSPS) is 10.9. The number of hydrogen-bond donors (Lipinski definition) is 0. The molecule has 0 aliphatic heterocycles. The maximum atomic E-state index is 10.5. The molecule has 0 unspecified atom stereocenters. The van der Waals surface area contributed by atoms with Crippen LogP contribution in [0.3, 0.4) is 0 Å². The zero-order chi connectivity index (χ0) is 19.4. The predicted octanol–water partition coefficient (Wildman–Crippen LogP) is 7.53. The topological polar surface area (TPSA) is 39.2 Å². The van der Waals surface area contributed by atoms with Gasteiger partial charge in [0.15, 0.2) is 6.29 Å². The monoisotopic (exact) mass is 375 g/mol. The molecule has 0 radical (unpaired) electrons. The first kappa shape index (κ1) is 23.7. The minimum absolute atomic E-state index is 0.449. The molecule has 1 aromatic rings. The number of unbranched alkanes of at least 4 members (excludes halogenated alkanes) is 15. The molecular formula is C24H41NO2. The van der Waals surface area contributed by atoms with Crippen molar-refractivity contribution in [2.24, 2.45) is 0 Å². The second-order valence-electron chi connectivity index (χ2n) is 7.69. The summed E-state index contributed by atoms with van der Waals surface area (Å²) in [4.78, 5) is 14.5. The molecule has 0 saturated carbocycles. The fraction of sp³-hybridized carbons (Fsp3) is 0.750. The van der Waals surface area contributed by atoms with Crippen molar-refractivity contribution in [3.63, 3.8) is 0 Å². The van der Waals surface area contributed by atoms with E-state index in [2.05, 4.69) is 11.9 Å². The number of ether oxygens (including phenoxy) is 1. The maximum Gasteiger partial charge on any atom is 0.168 e. The van der Waals surface area contributed by atoms with Crippen LogP contribution in [0.2, 0.25) is 0 Å². The highest BCUT2D eigenvalue weighted by Crippen LogP contribution is 2.14. The Morgan fingerprint density at radius 3 is 1.63 bits per heavy atom. The van der Waals surface area contributed by atoms with Crippen LogP contribution in [-0.2, 0) is 0 Å². The van der Waals surface area contributed by atoms with Crippen LogP contribution in [0.15, 0.2) is 18.3 Å². The molecule has 27 heavy (non-hydrogen) atoms. The van der Waals surface area contributed by atoms with Gasteiger partial charge in [0.25, 0.3) is 0 Å². The molecule has 0 aliphatic carbocycles. The van der Waals surface area contributed by atoms with Gasteiger partial charge in [-0.2, -0.15) is 0 Å². The van der Waals surface area contributed by atoms with Crippen molar-refractivity contribution in [2.45, 2.75) is 110 Å². The van der Waals surface area contributed by atoms with E-state index in [0.29, 0.717) is 5.69 Å². The van der Waals surface area contributed by atoms with Crippen molar-refractivity contribution >= 4 is 6.29 Å². The lowest BCUT2D eigenvalue weighted by Crippen LogP contribution is -1.98. The van der Waals surface area contributed by atoms with Crippen LogP contribution < -0.4 is 4.74 Å². The number of carbonyl (C=O) groups excluding carboxylic acids is 1. The van der Waals surface area contributed by atoms with Gasteiger partial charge in [-0.05, 0) is 18.6 Å². The van der Waals surface area contributed by atoms with E-state index in [4.69, 9.17) is 4.74 Å². The van der Waals surface area contributed by atoms with Crippen molar-refractivity contribution in [2.75, 3.05) is 6.61 Å². The third-order valence-corrected chi connectivity index (χ3v) is 5.15. The van der Waals surface area contributed by atoms with Gasteiger partial charge in [0.2, 0.25) is 0 Å². The summed E-state index contributed by atoms with van der Waals surface area (Å²) in [5.41, 5.74) is 0.449. The summed E-state index contributed by atoms with van der Waals surface area (Å²) < 4.78 is 5.65. The van der Waals surface area contributed by atoms with E-state index >= 15 is 0 Å². The molecule has 0 amide bonds. The van der Waals surface area contributed by atoms with Crippen molar-refractivity contribution in [1.82, 2.24) is 4.98 Å². The molecular weight excluding hydrogens is 334 g/mol. The van der Waals surface area contributed by atoms with Gasteiger partial charge in [-0.15, -0.1) is 0 Å². The Balaban J connectivity index is 1.76. The lowest BCUT2D eigenvalue weighted by molar-refractivity contribution is 0.111. The Bertz CT molecular complexity index is 444. The van der Waals surface area contributed by atoms with Gasteiger partial charge in [-0.25, -0.2) is 4.98 Å². The largest absolute Gasteiger partial charge is 0.492 e. The molecule has 1 aromatic heterocycles. The molecule has 0 N–H and O–H groups in total. The highest BCUT2D eigenvalue weighted by atomic mass is 16.5. The second-order valence-corrected chi connectivity index (χ2v) is 7.69. The smallest absolute Gasteiger partial charge is 0.168 e. The number of rotatable bonds is 19. The number of nitrogens with zero attached hydrogens (tertiary/aromatic N) is 1. The summed E-state index contributed by atoms with van der Waals surface area (Å²) in [6.07, 6.45) is 24.4. The van der Waals surface area contributed by atoms with Crippen LogP contribution in [0.1, 0.15) is 120 Å². The summed E-state index contributed by atoms with van der Waals surface area (Å²) in [5, 5.41) is 0. The maximum absolute atomic E-state index is 10.5. The van der Waals surface area contributed by atoms with E-state index in [0.717, 1.165) is 25.1 Å². The third-order valence-electron chi connectivity index (χ3n) is 5.15. The number of aldehydes is 1. The SMILES string of the molecule is CCCCCCCCCCCCCCCCCCOc1ccc(C=O)nc1. The summed E-state index contributed by atoms with van der Waals surface area (Å²) in [6, 6.07) is 3.50. The van der Waals surface area contributed by atoms with Crippen molar-refractivity contribution in [3.8, 4) is 5.75 Å². The van der Waals surface area contributed by atoms with Crippen LogP contribution in [0.5, 0.6) is 5.75 Å². The minimum Gasteiger partial charge on any atom is -0.492 e.